The van der Waals surface area contributed by atoms with Crippen molar-refractivity contribution >= 4 is 10.0 Å². The van der Waals surface area contributed by atoms with Crippen LogP contribution in [-0.4, -0.2) is 40.8 Å². The van der Waals surface area contributed by atoms with Crippen molar-refractivity contribution in [3.63, 3.8) is 0 Å². The Kier molecular flexibility index (Phi) is 5.94. The van der Waals surface area contributed by atoms with E-state index in [1.54, 1.807) is 10.7 Å². The monoisotopic (exact) mass is 498 g/mol. The Balaban J connectivity index is 1.31. The number of nitrogens with zero attached hydrogens (tertiary/aromatic N) is 4. The van der Waals surface area contributed by atoms with Gasteiger partial charge in [-0.1, -0.05) is 59.8 Å². The van der Waals surface area contributed by atoms with Crippen molar-refractivity contribution in [1.82, 2.24) is 19.3 Å². The molecule has 180 valence electrons. The number of benzene rings is 3. The molecule has 0 aliphatic carbocycles. The fourth-order valence-electron chi connectivity index (χ4n) is 4.18. The second kappa shape index (κ2) is 8.94. The smallest absolute Gasteiger partial charge is 0.247 e. The summed E-state index contributed by atoms with van der Waals surface area (Å²) in [4.78, 5) is 0.0949. The largest absolute Gasteiger partial charge is 0.416 e. The molecule has 1 saturated heterocycles. The van der Waals surface area contributed by atoms with E-state index in [9.17, 15) is 21.6 Å². The number of sulfonamides is 1. The van der Waals surface area contributed by atoms with E-state index in [2.05, 4.69) is 10.3 Å². The molecule has 1 unspecified atom stereocenters. The summed E-state index contributed by atoms with van der Waals surface area (Å²) >= 11 is 0. The molecular formula is C25H21F3N4O2S. The number of halogens is 3. The molecule has 1 aliphatic rings. The van der Waals surface area contributed by atoms with Gasteiger partial charge in [-0.25, -0.2) is 13.1 Å². The molecule has 1 fully saturated rings. The van der Waals surface area contributed by atoms with Gasteiger partial charge >= 0.3 is 6.18 Å². The van der Waals surface area contributed by atoms with Gasteiger partial charge in [-0.05, 0) is 41.8 Å². The second-order valence-corrected chi connectivity index (χ2v) is 10.3. The number of rotatable bonds is 5. The fraction of sp³-hybridized carbons (Fsp3) is 0.200. The van der Waals surface area contributed by atoms with E-state index in [1.807, 2.05) is 36.5 Å². The molecule has 5 rings (SSSR count). The van der Waals surface area contributed by atoms with E-state index in [1.165, 1.54) is 34.6 Å². The van der Waals surface area contributed by atoms with Gasteiger partial charge in [0.1, 0.15) is 5.69 Å². The van der Waals surface area contributed by atoms with Gasteiger partial charge in [0.2, 0.25) is 10.0 Å². The van der Waals surface area contributed by atoms with Gasteiger partial charge in [0.25, 0.3) is 0 Å². The lowest BCUT2D eigenvalue weighted by atomic mass is 10.0. The van der Waals surface area contributed by atoms with Crippen LogP contribution in [0.2, 0.25) is 0 Å². The number of alkyl halides is 3. The Morgan fingerprint density at radius 3 is 2.29 bits per heavy atom. The summed E-state index contributed by atoms with van der Waals surface area (Å²) in [5.41, 5.74) is 1.77. The molecule has 3 aromatic carbocycles. The molecule has 0 radical (unpaired) electrons. The lowest BCUT2D eigenvalue weighted by molar-refractivity contribution is -0.137. The molecular weight excluding hydrogens is 477 g/mol. The van der Waals surface area contributed by atoms with E-state index in [4.69, 9.17) is 0 Å². The predicted molar refractivity (Wildman–Crippen MR) is 125 cm³/mol. The summed E-state index contributed by atoms with van der Waals surface area (Å²) in [6, 6.07) is 20.3. The average molecular weight is 499 g/mol. The van der Waals surface area contributed by atoms with Gasteiger partial charge in [0.15, 0.2) is 0 Å². The van der Waals surface area contributed by atoms with Crippen LogP contribution in [0.3, 0.4) is 0 Å². The first-order valence-corrected chi connectivity index (χ1v) is 12.4. The van der Waals surface area contributed by atoms with Crippen LogP contribution in [0.15, 0.2) is 90.0 Å². The van der Waals surface area contributed by atoms with E-state index in [0.717, 1.165) is 23.4 Å². The highest BCUT2D eigenvalue weighted by Gasteiger charge is 2.34. The zero-order valence-electron chi connectivity index (χ0n) is 18.4. The molecule has 4 aromatic rings. The first-order chi connectivity index (χ1) is 16.7. The molecule has 35 heavy (non-hydrogen) atoms. The summed E-state index contributed by atoms with van der Waals surface area (Å²) in [5.74, 6) is 0. The van der Waals surface area contributed by atoms with Gasteiger partial charge < -0.3 is 0 Å². The molecule has 2 heterocycles. The normalized spacial score (nSPS) is 17.1. The molecule has 6 nitrogen and oxygen atoms in total. The Morgan fingerprint density at radius 2 is 1.57 bits per heavy atom. The number of hydrogen-bond donors (Lipinski definition) is 0. The van der Waals surface area contributed by atoms with E-state index < -0.39 is 21.8 Å². The standard InChI is InChI=1S/C25H21F3N4O2S/c26-25(27,28)21-8-4-7-20(15-21)18-9-11-23(12-10-18)35(33,34)31-14-13-22(16-31)32-17-24(29-30-32)19-5-2-1-3-6-19/h1-12,15,17,22H,13-14,16H2. The van der Waals surface area contributed by atoms with Crippen LogP contribution in [-0.2, 0) is 16.2 Å². The van der Waals surface area contributed by atoms with Crippen LogP contribution in [0.4, 0.5) is 13.2 Å². The zero-order valence-corrected chi connectivity index (χ0v) is 19.2. The Morgan fingerprint density at radius 1 is 0.857 bits per heavy atom. The summed E-state index contributed by atoms with van der Waals surface area (Å²) in [5, 5.41) is 8.41. The predicted octanol–water partition coefficient (Wildman–Crippen LogP) is 5.27. The molecule has 0 N–H and O–H groups in total. The van der Waals surface area contributed by atoms with Crippen LogP contribution in [0.25, 0.3) is 22.4 Å². The Hall–Kier alpha value is -3.50. The zero-order chi connectivity index (χ0) is 24.6. The number of aromatic nitrogens is 3. The van der Waals surface area contributed by atoms with Crippen LogP contribution in [0.1, 0.15) is 18.0 Å². The topological polar surface area (TPSA) is 68.1 Å². The molecule has 10 heteroatoms. The maximum absolute atomic E-state index is 13.2. The molecule has 1 aromatic heterocycles. The third kappa shape index (κ3) is 4.71. The minimum absolute atomic E-state index is 0.0949. The highest BCUT2D eigenvalue weighted by atomic mass is 32.2. The van der Waals surface area contributed by atoms with Crippen LogP contribution < -0.4 is 0 Å². The highest BCUT2D eigenvalue weighted by Crippen LogP contribution is 2.33. The Labute approximate surface area is 200 Å². The van der Waals surface area contributed by atoms with Crippen LogP contribution in [0, 0.1) is 0 Å². The summed E-state index contributed by atoms with van der Waals surface area (Å²) in [6.07, 6.45) is -2.03. The van der Waals surface area contributed by atoms with Gasteiger partial charge in [0, 0.05) is 18.7 Å². The SMILES string of the molecule is O=S(=O)(c1ccc(-c2cccc(C(F)(F)F)c2)cc1)N1CCC(n2cc(-c3ccccc3)nn2)C1. The maximum Gasteiger partial charge on any atom is 0.416 e. The van der Waals surface area contributed by atoms with Gasteiger partial charge in [-0.2, -0.15) is 17.5 Å². The number of hydrogen-bond acceptors (Lipinski definition) is 4. The summed E-state index contributed by atoms with van der Waals surface area (Å²) in [7, 11) is -3.76. The highest BCUT2D eigenvalue weighted by molar-refractivity contribution is 7.89. The molecule has 0 saturated carbocycles. The van der Waals surface area contributed by atoms with E-state index >= 15 is 0 Å². The fourth-order valence-corrected chi connectivity index (χ4v) is 5.68. The molecule has 0 bridgehead atoms. The van der Waals surface area contributed by atoms with Crippen molar-refractivity contribution in [2.75, 3.05) is 13.1 Å². The lowest BCUT2D eigenvalue weighted by Gasteiger charge is -2.17. The minimum Gasteiger partial charge on any atom is -0.247 e. The van der Waals surface area contributed by atoms with Crippen molar-refractivity contribution in [3.8, 4) is 22.4 Å². The van der Waals surface area contributed by atoms with Crippen molar-refractivity contribution in [2.24, 2.45) is 0 Å². The summed E-state index contributed by atoms with van der Waals surface area (Å²) < 4.78 is 68.6. The van der Waals surface area contributed by atoms with Crippen molar-refractivity contribution in [3.05, 3.63) is 90.6 Å². The maximum atomic E-state index is 13.2. The third-order valence-corrected chi connectivity index (χ3v) is 7.97. The molecule has 1 atom stereocenters. The van der Waals surface area contributed by atoms with Gasteiger partial charge in [-0.15, -0.1) is 5.10 Å². The summed E-state index contributed by atoms with van der Waals surface area (Å²) in [6.45, 7) is 0.595. The molecule has 1 aliphatic heterocycles. The van der Waals surface area contributed by atoms with Crippen molar-refractivity contribution in [1.29, 1.82) is 0 Å². The van der Waals surface area contributed by atoms with E-state index in [0.29, 0.717) is 24.1 Å². The first-order valence-electron chi connectivity index (χ1n) is 11.0. The van der Waals surface area contributed by atoms with Gasteiger partial charge in [0.05, 0.1) is 22.7 Å². The van der Waals surface area contributed by atoms with Crippen LogP contribution >= 0.6 is 0 Å². The minimum atomic E-state index is -4.45. The van der Waals surface area contributed by atoms with Gasteiger partial charge in [-0.3, -0.25) is 0 Å². The average Bonchev–Trinajstić information content (AvgIpc) is 3.55. The van der Waals surface area contributed by atoms with Crippen molar-refractivity contribution in [2.45, 2.75) is 23.5 Å². The van der Waals surface area contributed by atoms with E-state index in [-0.39, 0.29) is 17.5 Å². The third-order valence-electron chi connectivity index (χ3n) is 6.10. The van der Waals surface area contributed by atoms with Crippen molar-refractivity contribution < 1.29 is 21.6 Å². The first kappa shape index (κ1) is 23.3. The quantitative estimate of drug-likeness (QED) is 0.376. The molecule has 0 amide bonds. The Bertz CT molecular complexity index is 1440. The molecule has 0 spiro atoms. The lowest BCUT2D eigenvalue weighted by Crippen LogP contribution is -2.29. The second-order valence-electron chi connectivity index (χ2n) is 8.36. The van der Waals surface area contributed by atoms with Crippen LogP contribution in [0.5, 0.6) is 0 Å².